The van der Waals surface area contributed by atoms with Gasteiger partial charge >= 0.3 is 0 Å². The average Bonchev–Trinajstić information content (AvgIpc) is 2.45. The Morgan fingerprint density at radius 2 is 2.00 bits per heavy atom. The van der Waals surface area contributed by atoms with Gasteiger partial charge in [-0.1, -0.05) is 36.7 Å². The molecule has 1 unspecified atom stereocenters. The molecule has 0 saturated carbocycles. The average molecular weight is 322 g/mol. The zero-order valence-electron chi connectivity index (χ0n) is 12.1. The summed E-state index contributed by atoms with van der Waals surface area (Å²) in [6.07, 6.45) is 0.899. The molecule has 0 amide bonds. The van der Waals surface area contributed by atoms with E-state index in [0.717, 1.165) is 29.3 Å². The summed E-state index contributed by atoms with van der Waals surface area (Å²) in [6, 6.07) is 15.8. The highest BCUT2D eigenvalue weighted by atomic mass is 35.5. The SMILES string of the molecule is CCNC(CSc1cccc(Cl)c1)Cc1cccc(O)c1. The molecule has 0 bridgehead atoms. The lowest BCUT2D eigenvalue weighted by molar-refractivity contribution is 0.473. The predicted octanol–water partition coefficient (Wildman–Crippen LogP) is 4.36. The Kier molecular flexibility index (Phi) is 6.43. The minimum atomic E-state index is 0.324. The number of likely N-dealkylation sites (N-methyl/N-ethyl adjacent to an activating group) is 1. The van der Waals surface area contributed by atoms with E-state index in [1.807, 2.05) is 36.4 Å². The van der Waals surface area contributed by atoms with E-state index in [9.17, 15) is 5.11 Å². The zero-order chi connectivity index (χ0) is 15.1. The van der Waals surface area contributed by atoms with Crippen molar-refractivity contribution >= 4 is 23.4 Å². The molecule has 0 aliphatic heterocycles. The van der Waals surface area contributed by atoms with Crippen molar-refractivity contribution in [3.63, 3.8) is 0 Å². The molecular formula is C17H20ClNOS. The van der Waals surface area contributed by atoms with Crippen LogP contribution >= 0.6 is 23.4 Å². The van der Waals surface area contributed by atoms with Gasteiger partial charge in [0, 0.05) is 21.7 Å². The summed E-state index contributed by atoms with van der Waals surface area (Å²) in [5.74, 6) is 1.29. The topological polar surface area (TPSA) is 32.3 Å². The van der Waals surface area contributed by atoms with Crippen LogP contribution in [0.5, 0.6) is 5.75 Å². The van der Waals surface area contributed by atoms with Crippen LogP contribution in [0.3, 0.4) is 0 Å². The minimum absolute atomic E-state index is 0.324. The molecule has 1 atom stereocenters. The number of rotatable bonds is 7. The van der Waals surface area contributed by atoms with Gasteiger partial charge in [0.1, 0.15) is 5.75 Å². The van der Waals surface area contributed by atoms with Crippen LogP contribution in [0, 0.1) is 0 Å². The maximum atomic E-state index is 9.55. The maximum absolute atomic E-state index is 9.55. The van der Waals surface area contributed by atoms with Crippen molar-refractivity contribution in [3.05, 3.63) is 59.1 Å². The Bertz CT molecular complexity index is 576. The van der Waals surface area contributed by atoms with Crippen LogP contribution in [0.4, 0.5) is 0 Å². The molecular weight excluding hydrogens is 302 g/mol. The van der Waals surface area contributed by atoms with Crippen molar-refractivity contribution in [1.82, 2.24) is 5.32 Å². The first-order chi connectivity index (χ1) is 10.2. The van der Waals surface area contributed by atoms with E-state index < -0.39 is 0 Å². The maximum Gasteiger partial charge on any atom is 0.115 e. The number of halogens is 1. The summed E-state index contributed by atoms with van der Waals surface area (Å²) in [5, 5.41) is 13.8. The van der Waals surface area contributed by atoms with Crippen molar-refractivity contribution in [2.45, 2.75) is 24.3 Å². The molecule has 0 radical (unpaired) electrons. The van der Waals surface area contributed by atoms with Crippen LogP contribution in [0.25, 0.3) is 0 Å². The van der Waals surface area contributed by atoms with Crippen molar-refractivity contribution in [1.29, 1.82) is 0 Å². The Morgan fingerprint density at radius 1 is 1.19 bits per heavy atom. The standard InChI is InChI=1S/C17H20ClNOS/c1-2-19-15(9-13-5-3-7-16(20)10-13)12-21-17-8-4-6-14(18)11-17/h3-8,10-11,15,19-20H,2,9,12H2,1H3. The fourth-order valence-corrected chi connectivity index (χ4v) is 3.47. The van der Waals surface area contributed by atoms with E-state index in [1.54, 1.807) is 17.8 Å². The van der Waals surface area contributed by atoms with Gasteiger partial charge < -0.3 is 10.4 Å². The Balaban J connectivity index is 1.95. The quantitative estimate of drug-likeness (QED) is 0.743. The molecule has 0 aromatic heterocycles. The molecule has 0 saturated heterocycles. The summed E-state index contributed by atoms with van der Waals surface area (Å²) in [7, 11) is 0. The molecule has 4 heteroatoms. The smallest absolute Gasteiger partial charge is 0.115 e. The van der Waals surface area contributed by atoms with Gasteiger partial charge in [0.15, 0.2) is 0 Å². The van der Waals surface area contributed by atoms with Crippen LogP contribution in [0.2, 0.25) is 5.02 Å². The molecule has 2 N–H and O–H groups in total. The molecule has 2 nitrogen and oxygen atoms in total. The van der Waals surface area contributed by atoms with E-state index in [4.69, 9.17) is 11.6 Å². The fourth-order valence-electron chi connectivity index (χ4n) is 2.20. The first-order valence-electron chi connectivity index (χ1n) is 7.07. The number of hydrogen-bond acceptors (Lipinski definition) is 3. The largest absolute Gasteiger partial charge is 0.508 e. The molecule has 2 rings (SSSR count). The van der Waals surface area contributed by atoms with Gasteiger partial charge in [-0.3, -0.25) is 0 Å². The molecule has 112 valence electrons. The van der Waals surface area contributed by atoms with Crippen LogP contribution in [-0.4, -0.2) is 23.4 Å². The third-order valence-electron chi connectivity index (χ3n) is 3.13. The molecule has 0 fully saturated rings. The summed E-state index contributed by atoms with van der Waals surface area (Å²) < 4.78 is 0. The van der Waals surface area contributed by atoms with Crippen LogP contribution in [0.15, 0.2) is 53.4 Å². The second-order valence-corrected chi connectivity index (χ2v) is 6.43. The molecule has 0 heterocycles. The fraction of sp³-hybridized carbons (Fsp3) is 0.294. The first kappa shape index (κ1) is 16.2. The van der Waals surface area contributed by atoms with Gasteiger partial charge in [-0.2, -0.15) is 0 Å². The van der Waals surface area contributed by atoms with Gasteiger partial charge in [0.05, 0.1) is 0 Å². The van der Waals surface area contributed by atoms with E-state index >= 15 is 0 Å². The van der Waals surface area contributed by atoms with Crippen molar-refractivity contribution < 1.29 is 5.11 Å². The Labute approximate surface area is 135 Å². The van der Waals surface area contributed by atoms with Crippen molar-refractivity contribution in [2.75, 3.05) is 12.3 Å². The van der Waals surface area contributed by atoms with E-state index in [2.05, 4.69) is 18.3 Å². The normalized spacial score (nSPS) is 12.3. The van der Waals surface area contributed by atoms with Crippen LogP contribution in [0.1, 0.15) is 12.5 Å². The molecule has 21 heavy (non-hydrogen) atoms. The van der Waals surface area contributed by atoms with Gasteiger partial charge in [-0.25, -0.2) is 0 Å². The molecule has 0 aliphatic carbocycles. The number of aromatic hydroxyl groups is 1. The highest BCUT2D eigenvalue weighted by Gasteiger charge is 2.10. The molecule has 0 aliphatic rings. The van der Waals surface area contributed by atoms with Gasteiger partial charge in [0.2, 0.25) is 0 Å². The lowest BCUT2D eigenvalue weighted by atomic mass is 10.1. The van der Waals surface area contributed by atoms with E-state index in [0.29, 0.717) is 11.8 Å². The number of benzene rings is 2. The molecule has 2 aromatic carbocycles. The highest BCUT2D eigenvalue weighted by Crippen LogP contribution is 2.23. The number of thioether (sulfide) groups is 1. The third kappa shape index (κ3) is 5.62. The van der Waals surface area contributed by atoms with Crippen LogP contribution in [-0.2, 0) is 6.42 Å². The number of phenols is 1. The van der Waals surface area contributed by atoms with Gasteiger partial charge in [-0.15, -0.1) is 11.8 Å². The molecule has 2 aromatic rings. The number of phenolic OH excluding ortho intramolecular Hbond substituents is 1. The van der Waals surface area contributed by atoms with E-state index in [-0.39, 0.29) is 0 Å². The van der Waals surface area contributed by atoms with Gasteiger partial charge in [-0.05, 0) is 48.9 Å². The summed E-state index contributed by atoms with van der Waals surface area (Å²) in [5.41, 5.74) is 1.15. The lowest BCUT2D eigenvalue weighted by Crippen LogP contribution is -2.33. The predicted molar refractivity (Wildman–Crippen MR) is 91.5 cm³/mol. The van der Waals surface area contributed by atoms with Gasteiger partial charge in [0.25, 0.3) is 0 Å². The van der Waals surface area contributed by atoms with Crippen molar-refractivity contribution in [3.8, 4) is 5.75 Å². The highest BCUT2D eigenvalue weighted by molar-refractivity contribution is 7.99. The van der Waals surface area contributed by atoms with Crippen molar-refractivity contribution in [2.24, 2.45) is 0 Å². The van der Waals surface area contributed by atoms with E-state index in [1.165, 1.54) is 4.90 Å². The second kappa shape index (κ2) is 8.32. The zero-order valence-corrected chi connectivity index (χ0v) is 13.6. The first-order valence-corrected chi connectivity index (χ1v) is 8.43. The summed E-state index contributed by atoms with van der Waals surface area (Å²) >= 11 is 7.81. The summed E-state index contributed by atoms with van der Waals surface area (Å²) in [4.78, 5) is 1.18. The Morgan fingerprint density at radius 3 is 2.71 bits per heavy atom. The van der Waals surface area contributed by atoms with Crippen LogP contribution < -0.4 is 5.32 Å². The lowest BCUT2D eigenvalue weighted by Gasteiger charge is -2.18. The third-order valence-corrected chi connectivity index (χ3v) is 4.52. The minimum Gasteiger partial charge on any atom is -0.508 e. The number of hydrogen-bond donors (Lipinski definition) is 2. The monoisotopic (exact) mass is 321 g/mol. The molecule has 0 spiro atoms. The Hall–Kier alpha value is -1.16. The number of nitrogens with one attached hydrogen (secondary N) is 1. The second-order valence-electron chi connectivity index (χ2n) is 4.90. The summed E-state index contributed by atoms with van der Waals surface area (Å²) in [6.45, 7) is 3.04.